The van der Waals surface area contributed by atoms with Gasteiger partial charge < -0.3 is 10.5 Å². The predicted molar refractivity (Wildman–Crippen MR) is 66.6 cm³/mol. The van der Waals surface area contributed by atoms with Gasteiger partial charge in [0.05, 0.1) is 0 Å². The van der Waals surface area contributed by atoms with E-state index in [2.05, 4.69) is 0 Å². The van der Waals surface area contributed by atoms with E-state index in [0.717, 1.165) is 6.07 Å². The van der Waals surface area contributed by atoms with Crippen molar-refractivity contribution in [2.24, 2.45) is 11.1 Å². The first kappa shape index (κ1) is 14.1. The maximum absolute atomic E-state index is 13.1. The number of nitrogens with two attached hydrogens (primary N) is 1. The normalized spacial score (nSPS) is 18.3. The lowest BCUT2D eigenvalue weighted by Gasteiger charge is -2.34. The van der Waals surface area contributed by atoms with Crippen LogP contribution < -0.4 is 5.73 Å². The highest BCUT2D eigenvalue weighted by Gasteiger charge is 2.38. The number of halogens is 2. The number of rotatable bonds is 4. The SMILES string of the molecule is NCC1(C(=O)Cc2cc(F)cc(F)c2)CCOCC1. The molecule has 0 unspecified atom stereocenters. The molecule has 2 rings (SSSR count). The van der Waals surface area contributed by atoms with Gasteiger partial charge in [-0.3, -0.25) is 4.79 Å². The monoisotopic (exact) mass is 269 g/mol. The number of Topliss-reactive ketones (excluding diaryl/α,β-unsaturated/α-hetero) is 1. The summed E-state index contributed by atoms with van der Waals surface area (Å²) in [6, 6.07) is 3.16. The van der Waals surface area contributed by atoms with Crippen LogP contribution >= 0.6 is 0 Å². The smallest absolute Gasteiger partial charge is 0.144 e. The molecule has 0 atom stereocenters. The average Bonchev–Trinajstić information content (AvgIpc) is 2.38. The molecule has 1 aromatic rings. The summed E-state index contributed by atoms with van der Waals surface area (Å²) in [6.07, 6.45) is 1.14. The minimum atomic E-state index is -0.670. The van der Waals surface area contributed by atoms with Gasteiger partial charge in [-0.2, -0.15) is 0 Å². The van der Waals surface area contributed by atoms with Gasteiger partial charge >= 0.3 is 0 Å². The molecule has 0 saturated carbocycles. The number of hydrogen-bond donors (Lipinski definition) is 1. The highest BCUT2D eigenvalue weighted by atomic mass is 19.1. The van der Waals surface area contributed by atoms with Crippen LogP contribution in [-0.4, -0.2) is 25.5 Å². The summed E-state index contributed by atoms with van der Waals surface area (Å²) in [5.41, 5.74) is 5.47. The first-order valence-electron chi connectivity index (χ1n) is 6.32. The molecular formula is C14H17F2NO2. The molecule has 1 aliphatic heterocycles. The summed E-state index contributed by atoms with van der Waals surface area (Å²) in [6.45, 7) is 1.24. The van der Waals surface area contributed by atoms with Crippen molar-refractivity contribution < 1.29 is 18.3 Å². The molecule has 1 heterocycles. The van der Waals surface area contributed by atoms with Crippen LogP contribution in [0.4, 0.5) is 8.78 Å². The molecular weight excluding hydrogens is 252 g/mol. The predicted octanol–water partition coefficient (Wildman–Crippen LogP) is 1.83. The molecule has 1 fully saturated rings. The van der Waals surface area contributed by atoms with Gasteiger partial charge in [0, 0.05) is 37.7 Å². The summed E-state index contributed by atoms with van der Waals surface area (Å²) in [5, 5.41) is 0. The van der Waals surface area contributed by atoms with Crippen molar-refractivity contribution in [1.82, 2.24) is 0 Å². The quantitative estimate of drug-likeness (QED) is 0.907. The average molecular weight is 269 g/mol. The van der Waals surface area contributed by atoms with E-state index in [1.807, 2.05) is 0 Å². The Labute approximate surface area is 110 Å². The Morgan fingerprint density at radius 3 is 2.32 bits per heavy atom. The minimum Gasteiger partial charge on any atom is -0.381 e. The number of benzene rings is 1. The maximum Gasteiger partial charge on any atom is 0.144 e. The summed E-state index contributed by atoms with van der Waals surface area (Å²) >= 11 is 0. The second-order valence-corrected chi connectivity index (χ2v) is 4.97. The largest absolute Gasteiger partial charge is 0.381 e. The molecule has 3 nitrogen and oxygen atoms in total. The van der Waals surface area contributed by atoms with Crippen molar-refractivity contribution in [3.63, 3.8) is 0 Å². The lowest BCUT2D eigenvalue weighted by Crippen LogP contribution is -2.44. The lowest BCUT2D eigenvalue weighted by atomic mass is 9.74. The number of hydrogen-bond acceptors (Lipinski definition) is 3. The zero-order chi connectivity index (χ0) is 13.9. The Morgan fingerprint density at radius 1 is 1.21 bits per heavy atom. The molecule has 1 aliphatic rings. The second-order valence-electron chi connectivity index (χ2n) is 4.97. The van der Waals surface area contributed by atoms with Gasteiger partial charge in [-0.25, -0.2) is 8.78 Å². The van der Waals surface area contributed by atoms with E-state index in [-0.39, 0.29) is 18.7 Å². The molecule has 0 aromatic heterocycles. The molecule has 0 radical (unpaired) electrons. The molecule has 0 bridgehead atoms. The zero-order valence-electron chi connectivity index (χ0n) is 10.6. The third-order valence-corrected chi connectivity index (χ3v) is 3.72. The van der Waals surface area contributed by atoms with Gasteiger partial charge in [0.25, 0.3) is 0 Å². The van der Waals surface area contributed by atoms with Crippen molar-refractivity contribution in [3.05, 3.63) is 35.4 Å². The van der Waals surface area contributed by atoms with E-state index in [9.17, 15) is 13.6 Å². The van der Waals surface area contributed by atoms with Crippen LogP contribution in [-0.2, 0) is 16.0 Å². The second kappa shape index (κ2) is 5.75. The Bertz CT molecular complexity index is 450. The first-order valence-corrected chi connectivity index (χ1v) is 6.32. The van der Waals surface area contributed by atoms with Gasteiger partial charge in [-0.05, 0) is 30.5 Å². The summed E-state index contributed by atoms with van der Waals surface area (Å²) in [5.74, 6) is -1.41. The third-order valence-electron chi connectivity index (χ3n) is 3.72. The van der Waals surface area contributed by atoms with Crippen LogP contribution in [0.5, 0.6) is 0 Å². The van der Waals surface area contributed by atoms with Crippen LogP contribution in [0.1, 0.15) is 18.4 Å². The van der Waals surface area contributed by atoms with Gasteiger partial charge in [0.2, 0.25) is 0 Å². The molecule has 5 heteroatoms. The highest BCUT2D eigenvalue weighted by molar-refractivity contribution is 5.87. The zero-order valence-corrected chi connectivity index (χ0v) is 10.6. The van der Waals surface area contributed by atoms with Crippen molar-refractivity contribution in [3.8, 4) is 0 Å². The Kier molecular flexibility index (Phi) is 4.27. The van der Waals surface area contributed by atoms with E-state index < -0.39 is 17.0 Å². The third kappa shape index (κ3) is 3.16. The van der Waals surface area contributed by atoms with Crippen LogP contribution in [0.2, 0.25) is 0 Å². The lowest BCUT2D eigenvalue weighted by molar-refractivity contribution is -0.132. The van der Waals surface area contributed by atoms with Gasteiger partial charge in [-0.1, -0.05) is 0 Å². The number of ketones is 1. The first-order chi connectivity index (χ1) is 9.05. The Hall–Kier alpha value is -1.33. The highest BCUT2D eigenvalue weighted by Crippen LogP contribution is 2.31. The summed E-state index contributed by atoms with van der Waals surface area (Å²) < 4.78 is 31.4. The Balaban J connectivity index is 2.14. The van der Waals surface area contributed by atoms with Gasteiger partial charge in [0.15, 0.2) is 0 Å². The van der Waals surface area contributed by atoms with Crippen LogP contribution in [0.25, 0.3) is 0 Å². The van der Waals surface area contributed by atoms with Crippen molar-refractivity contribution >= 4 is 5.78 Å². The van der Waals surface area contributed by atoms with Crippen molar-refractivity contribution in [2.75, 3.05) is 19.8 Å². The van der Waals surface area contributed by atoms with Crippen LogP contribution in [0.15, 0.2) is 18.2 Å². The van der Waals surface area contributed by atoms with E-state index in [0.29, 0.717) is 31.6 Å². The molecule has 0 amide bonds. The molecule has 0 spiro atoms. The van der Waals surface area contributed by atoms with Crippen molar-refractivity contribution in [2.45, 2.75) is 19.3 Å². The summed E-state index contributed by atoms with van der Waals surface area (Å²) in [4.78, 5) is 12.4. The fraction of sp³-hybridized carbons (Fsp3) is 0.500. The molecule has 2 N–H and O–H groups in total. The van der Waals surface area contributed by atoms with E-state index in [1.165, 1.54) is 12.1 Å². The number of carbonyl (C=O) groups excluding carboxylic acids is 1. The van der Waals surface area contributed by atoms with E-state index >= 15 is 0 Å². The maximum atomic E-state index is 13.1. The van der Waals surface area contributed by atoms with Gasteiger partial charge in [-0.15, -0.1) is 0 Å². The number of ether oxygens (including phenoxy) is 1. The van der Waals surface area contributed by atoms with E-state index in [4.69, 9.17) is 10.5 Å². The fourth-order valence-electron chi connectivity index (χ4n) is 2.44. The number of carbonyl (C=O) groups is 1. The minimum absolute atomic E-state index is 0.00583. The molecule has 1 aromatic carbocycles. The van der Waals surface area contributed by atoms with E-state index in [1.54, 1.807) is 0 Å². The molecule has 19 heavy (non-hydrogen) atoms. The topological polar surface area (TPSA) is 52.3 Å². The fourth-order valence-corrected chi connectivity index (χ4v) is 2.44. The molecule has 1 saturated heterocycles. The van der Waals surface area contributed by atoms with Crippen molar-refractivity contribution in [1.29, 1.82) is 0 Å². The Morgan fingerprint density at radius 2 is 1.79 bits per heavy atom. The summed E-state index contributed by atoms with van der Waals surface area (Å²) in [7, 11) is 0. The molecule has 0 aliphatic carbocycles. The van der Waals surface area contributed by atoms with Crippen LogP contribution in [0.3, 0.4) is 0 Å². The van der Waals surface area contributed by atoms with Gasteiger partial charge in [0.1, 0.15) is 17.4 Å². The molecule has 104 valence electrons. The standard InChI is InChI=1S/C14H17F2NO2/c15-11-5-10(6-12(16)8-11)7-13(18)14(9-17)1-3-19-4-2-14/h5-6,8H,1-4,7,9,17H2. The van der Waals surface area contributed by atoms with Crippen LogP contribution in [0, 0.1) is 17.0 Å².